The molecule has 0 saturated carbocycles. The minimum atomic E-state index is -0.899. The predicted molar refractivity (Wildman–Crippen MR) is 106 cm³/mol. The van der Waals surface area contributed by atoms with Crippen LogP contribution in [0.4, 0.5) is 0 Å². The highest BCUT2D eigenvalue weighted by Gasteiger charge is 2.38. The SMILES string of the molecule is CCC1(CC)NC(=O)CCCCCNC(=O)[C@H](CCCN=C(N)N)CC1=O. The molecular formula is C19H35N5O3. The van der Waals surface area contributed by atoms with Gasteiger partial charge in [-0.3, -0.25) is 19.4 Å². The molecule has 2 amide bonds. The van der Waals surface area contributed by atoms with Gasteiger partial charge in [0, 0.05) is 31.8 Å². The second-order valence-electron chi connectivity index (χ2n) is 7.21. The van der Waals surface area contributed by atoms with E-state index in [1.807, 2.05) is 13.8 Å². The van der Waals surface area contributed by atoms with Gasteiger partial charge in [0.05, 0.1) is 5.54 Å². The molecule has 1 rings (SSSR count). The summed E-state index contributed by atoms with van der Waals surface area (Å²) in [5, 5.41) is 5.89. The third kappa shape index (κ3) is 7.56. The summed E-state index contributed by atoms with van der Waals surface area (Å²) in [5.74, 6) is -0.706. The number of hydrogen-bond donors (Lipinski definition) is 4. The first kappa shape index (κ1) is 22.9. The van der Waals surface area contributed by atoms with Crippen LogP contribution in [0.2, 0.25) is 0 Å². The molecule has 1 heterocycles. The van der Waals surface area contributed by atoms with Crippen LogP contribution in [-0.4, -0.2) is 42.2 Å². The first-order valence-corrected chi connectivity index (χ1v) is 10.0. The Bertz CT molecular complexity index is 539. The Balaban J connectivity index is 2.95. The van der Waals surface area contributed by atoms with Gasteiger partial charge in [0.1, 0.15) is 0 Å². The lowest BCUT2D eigenvalue weighted by Crippen LogP contribution is -2.54. The summed E-state index contributed by atoms with van der Waals surface area (Å²) in [6.45, 7) is 4.77. The number of aliphatic imine (C=N–C) groups is 1. The Morgan fingerprint density at radius 2 is 1.85 bits per heavy atom. The van der Waals surface area contributed by atoms with Crippen molar-refractivity contribution >= 4 is 23.6 Å². The number of Topliss-reactive ketones (excluding diaryl/α,β-unsaturated/α-hetero) is 1. The summed E-state index contributed by atoms with van der Waals surface area (Å²) < 4.78 is 0. The molecule has 0 spiro atoms. The molecule has 0 unspecified atom stereocenters. The first-order chi connectivity index (χ1) is 12.8. The van der Waals surface area contributed by atoms with Gasteiger partial charge in [0.2, 0.25) is 11.8 Å². The third-order valence-electron chi connectivity index (χ3n) is 5.31. The van der Waals surface area contributed by atoms with E-state index in [1.54, 1.807) is 0 Å². The molecular weight excluding hydrogens is 346 g/mol. The lowest BCUT2D eigenvalue weighted by molar-refractivity contribution is -0.135. The number of carbonyl (C=O) groups is 3. The fourth-order valence-corrected chi connectivity index (χ4v) is 3.45. The Kier molecular flexibility index (Phi) is 9.82. The highest BCUT2D eigenvalue weighted by molar-refractivity contribution is 5.95. The maximum absolute atomic E-state index is 13.1. The average Bonchev–Trinajstić information content (AvgIpc) is 2.64. The van der Waals surface area contributed by atoms with Gasteiger partial charge in [-0.15, -0.1) is 0 Å². The van der Waals surface area contributed by atoms with E-state index in [0.717, 1.165) is 19.3 Å². The zero-order chi connectivity index (χ0) is 20.3. The molecule has 1 aliphatic heterocycles. The van der Waals surface area contributed by atoms with E-state index >= 15 is 0 Å². The second-order valence-corrected chi connectivity index (χ2v) is 7.21. The average molecular weight is 382 g/mol. The summed E-state index contributed by atoms with van der Waals surface area (Å²) in [4.78, 5) is 41.9. The monoisotopic (exact) mass is 381 g/mol. The number of guanidine groups is 1. The molecule has 1 aliphatic rings. The molecule has 0 aromatic carbocycles. The lowest BCUT2D eigenvalue weighted by Gasteiger charge is -2.32. The van der Waals surface area contributed by atoms with Crippen molar-refractivity contribution in [2.24, 2.45) is 22.4 Å². The van der Waals surface area contributed by atoms with Crippen LogP contribution >= 0.6 is 0 Å². The highest BCUT2D eigenvalue weighted by atomic mass is 16.2. The van der Waals surface area contributed by atoms with E-state index in [2.05, 4.69) is 15.6 Å². The molecule has 6 N–H and O–H groups in total. The van der Waals surface area contributed by atoms with Crippen molar-refractivity contribution < 1.29 is 14.4 Å². The lowest BCUT2D eigenvalue weighted by atomic mass is 9.81. The van der Waals surface area contributed by atoms with Crippen LogP contribution in [-0.2, 0) is 14.4 Å². The standard InChI is InChI=1S/C19H35N5O3/c1-3-19(4-2)15(25)13-14(9-8-12-23-18(20)21)17(27)22-11-7-5-6-10-16(26)24-19/h14H,3-13H2,1-2H3,(H,22,27)(H,24,26)(H4,20,21,23)/t14-/m1/s1. The Hall–Kier alpha value is -2.12. The highest BCUT2D eigenvalue weighted by Crippen LogP contribution is 2.24. The Labute approximate surface area is 161 Å². The molecule has 1 atom stereocenters. The normalized spacial score (nSPS) is 21.9. The second kappa shape index (κ2) is 11.6. The molecule has 0 aliphatic carbocycles. The van der Waals surface area contributed by atoms with Crippen molar-refractivity contribution in [3.63, 3.8) is 0 Å². The van der Waals surface area contributed by atoms with Gasteiger partial charge in [-0.1, -0.05) is 20.3 Å². The zero-order valence-corrected chi connectivity index (χ0v) is 16.7. The van der Waals surface area contributed by atoms with Gasteiger partial charge in [-0.05, 0) is 38.5 Å². The van der Waals surface area contributed by atoms with Crippen molar-refractivity contribution in [2.75, 3.05) is 13.1 Å². The van der Waals surface area contributed by atoms with Gasteiger partial charge in [0.25, 0.3) is 0 Å². The van der Waals surface area contributed by atoms with Gasteiger partial charge in [-0.25, -0.2) is 0 Å². The summed E-state index contributed by atoms with van der Waals surface area (Å²) in [6.07, 6.45) is 5.10. The molecule has 1 fully saturated rings. The summed E-state index contributed by atoms with van der Waals surface area (Å²) in [5.41, 5.74) is 9.76. The van der Waals surface area contributed by atoms with E-state index in [-0.39, 0.29) is 30.0 Å². The number of carbonyl (C=O) groups excluding carboxylic acids is 3. The summed E-state index contributed by atoms with van der Waals surface area (Å²) >= 11 is 0. The molecule has 0 bridgehead atoms. The predicted octanol–water partition coefficient (Wildman–Crippen LogP) is 0.981. The van der Waals surface area contributed by atoms with E-state index < -0.39 is 11.5 Å². The maximum Gasteiger partial charge on any atom is 0.223 e. The van der Waals surface area contributed by atoms with Crippen molar-refractivity contribution in [1.29, 1.82) is 0 Å². The maximum atomic E-state index is 13.1. The zero-order valence-electron chi connectivity index (χ0n) is 16.7. The fourth-order valence-electron chi connectivity index (χ4n) is 3.45. The minimum Gasteiger partial charge on any atom is -0.370 e. The summed E-state index contributed by atoms with van der Waals surface area (Å²) in [6, 6.07) is 0. The van der Waals surface area contributed by atoms with Crippen LogP contribution in [0.1, 0.15) is 71.6 Å². The van der Waals surface area contributed by atoms with Crippen LogP contribution in [0.15, 0.2) is 4.99 Å². The fraction of sp³-hybridized carbons (Fsp3) is 0.789. The molecule has 0 aromatic rings. The van der Waals surface area contributed by atoms with Crippen molar-refractivity contribution in [2.45, 2.75) is 77.2 Å². The smallest absolute Gasteiger partial charge is 0.223 e. The number of rotatable bonds is 6. The number of amides is 2. The van der Waals surface area contributed by atoms with Crippen LogP contribution in [0.25, 0.3) is 0 Å². The van der Waals surface area contributed by atoms with E-state index in [4.69, 9.17) is 11.5 Å². The van der Waals surface area contributed by atoms with E-state index in [0.29, 0.717) is 45.2 Å². The number of nitrogens with zero attached hydrogens (tertiary/aromatic N) is 1. The van der Waals surface area contributed by atoms with Crippen LogP contribution in [0.5, 0.6) is 0 Å². The van der Waals surface area contributed by atoms with Crippen molar-refractivity contribution in [3.05, 3.63) is 0 Å². The van der Waals surface area contributed by atoms with Crippen LogP contribution in [0.3, 0.4) is 0 Å². The van der Waals surface area contributed by atoms with E-state index in [9.17, 15) is 14.4 Å². The number of ketones is 1. The largest absolute Gasteiger partial charge is 0.370 e. The first-order valence-electron chi connectivity index (χ1n) is 10.0. The minimum absolute atomic E-state index is 0.0177. The molecule has 27 heavy (non-hydrogen) atoms. The number of nitrogens with two attached hydrogens (primary N) is 2. The van der Waals surface area contributed by atoms with Gasteiger partial charge in [-0.2, -0.15) is 0 Å². The van der Waals surface area contributed by atoms with Gasteiger partial charge < -0.3 is 22.1 Å². The molecule has 0 radical (unpaired) electrons. The van der Waals surface area contributed by atoms with Gasteiger partial charge in [0.15, 0.2) is 11.7 Å². The van der Waals surface area contributed by atoms with Crippen molar-refractivity contribution in [3.8, 4) is 0 Å². The molecule has 8 nitrogen and oxygen atoms in total. The van der Waals surface area contributed by atoms with Crippen LogP contribution < -0.4 is 22.1 Å². The Morgan fingerprint density at radius 1 is 1.15 bits per heavy atom. The topological polar surface area (TPSA) is 140 Å². The summed E-state index contributed by atoms with van der Waals surface area (Å²) in [7, 11) is 0. The third-order valence-corrected chi connectivity index (χ3v) is 5.31. The van der Waals surface area contributed by atoms with E-state index in [1.165, 1.54) is 0 Å². The Morgan fingerprint density at radius 3 is 2.48 bits per heavy atom. The molecule has 154 valence electrons. The molecule has 1 saturated heterocycles. The quantitative estimate of drug-likeness (QED) is 0.308. The molecule has 8 heteroatoms. The van der Waals surface area contributed by atoms with Crippen LogP contribution in [0, 0.1) is 5.92 Å². The number of nitrogens with one attached hydrogen (secondary N) is 2. The van der Waals surface area contributed by atoms with Crippen molar-refractivity contribution in [1.82, 2.24) is 10.6 Å². The molecule has 0 aromatic heterocycles. The van der Waals surface area contributed by atoms with Gasteiger partial charge >= 0.3 is 0 Å². The number of hydrogen-bond acceptors (Lipinski definition) is 4.